The molecule has 0 aliphatic carbocycles. The lowest BCUT2D eigenvalue weighted by molar-refractivity contribution is 0.0948. The number of rotatable bonds is 6. The molecular formula is C14H19N5O2. The second-order valence-corrected chi connectivity index (χ2v) is 4.88. The normalized spacial score (nSPS) is 10.8. The molecule has 1 amide bonds. The summed E-state index contributed by atoms with van der Waals surface area (Å²) in [6, 6.07) is 3.49. The van der Waals surface area contributed by atoms with Crippen molar-refractivity contribution in [3.63, 3.8) is 0 Å². The molecular weight excluding hydrogens is 270 g/mol. The largest absolute Gasteiger partial charge is 0.463 e. The molecule has 2 aromatic heterocycles. The van der Waals surface area contributed by atoms with E-state index in [1.165, 1.54) is 12.5 Å². The van der Waals surface area contributed by atoms with Gasteiger partial charge in [-0.25, -0.2) is 9.97 Å². The van der Waals surface area contributed by atoms with Crippen LogP contribution in [0.3, 0.4) is 0 Å². The Morgan fingerprint density at radius 1 is 1.48 bits per heavy atom. The first kappa shape index (κ1) is 15.0. The van der Waals surface area contributed by atoms with Crippen LogP contribution in [0.2, 0.25) is 0 Å². The number of hydrogen-bond acceptors (Lipinski definition) is 6. The van der Waals surface area contributed by atoms with Gasteiger partial charge in [-0.15, -0.1) is 0 Å². The summed E-state index contributed by atoms with van der Waals surface area (Å²) in [6.45, 7) is 1.46. The van der Waals surface area contributed by atoms with E-state index in [2.05, 4.69) is 20.2 Å². The van der Waals surface area contributed by atoms with Gasteiger partial charge in [0.1, 0.15) is 5.69 Å². The zero-order valence-corrected chi connectivity index (χ0v) is 12.2. The number of hydrogen-bond donors (Lipinski definition) is 2. The smallest absolute Gasteiger partial charge is 0.273 e. The number of nitrogens with zero attached hydrogens (tertiary/aromatic N) is 3. The number of carbonyl (C=O) groups is 1. The standard InChI is InChI=1S/C14H19N5O2/c1-19(2)7-4-6-16-14(20)12-13(15)17-9-10(18-12)11-5-3-8-21-11/h3,5,8-9H,4,6-7H2,1-2H3,(H2,15,17)(H,16,20). The van der Waals surface area contributed by atoms with E-state index >= 15 is 0 Å². The molecule has 0 atom stereocenters. The molecule has 0 radical (unpaired) electrons. The lowest BCUT2D eigenvalue weighted by atomic mass is 10.3. The van der Waals surface area contributed by atoms with E-state index in [1.807, 2.05) is 14.1 Å². The fourth-order valence-electron chi connectivity index (χ4n) is 1.79. The minimum Gasteiger partial charge on any atom is -0.463 e. The van der Waals surface area contributed by atoms with Gasteiger partial charge in [0.15, 0.2) is 17.3 Å². The van der Waals surface area contributed by atoms with Crippen LogP contribution in [0.25, 0.3) is 11.5 Å². The third-order valence-electron chi connectivity index (χ3n) is 2.86. The van der Waals surface area contributed by atoms with Gasteiger partial charge in [-0.2, -0.15) is 0 Å². The second-order valence-electron chi connectivity index (χ2n) is 4.88. The molecule has 0 aliphatic rings. The van der Waals surface area contributed by atoms with Gasteiger partial charge in [-0.05, 0) is 39.2 Å². The number of nitrogens with one attached hydrogen (secondary N) is 1. The highest BCUT2D eigenvalue weighted by Crippen LogP contribution is 2.18. The molecule has 0 fully saturated rings. The van der Waals surface area contributed by atoms with E-state index in [-0.39, 0.29) is 17.4 Å². The van der Waals surface area contributed by atoms with Gasteiger partial charge >= 0.3 is 0 Å². The Morgan fingerprint density at radius 3 is 2.95 bits per heavy atom. The van der Waals surface area contributed by atoms with Crippen LogP contribution in [0.15, 0.2) is 29.0 Å². The van der Waals surface area contributed by atoms with Gasteiger partial charge in [-0.1, -0.05) is 0 Å². The predicted molar refractivity (Wildman–Crippen MR) is 79.7 cm³/mol. The quantitative estimate of drug-likeness (QED) is 0.770. The zero-order valence-electron chi connectivity index (χ0n) is 12.2. The third kappa shape index (κ3) is 4.03. The average molecular weight is 289 g/mol. The van der Waals surface area contributed by atoms with E-state index < -0.39 is 0 Å². The van der Waals surface area contributed by atoms with Crippen molar-refractivity contribution in [2.24, 2.45) is 0 Å². The van der Waals surface area contributed by atoms with Gasteiger partial charge in [0, 0.05) is 6.54 Å². The summed E-state index contributed by atoms with van der Waals surface area (Å²) in [6.07, 6.45) is 3.87. The van der Waals surface area contributed by atoms with Crippen LogP contribution in [0.4, 0.5) is 5.82 Å². The van der Waals surface area contributed by atoms with Gasteiger partial charge in [-0.3, -0.25) is 4.79 Å². The Kier molecular flexibility index (Phi) is 4.89. The Hall–Kier alpha value is -2.41. The highest BCUT2D eigenvalue weighted by atomic mass is 16.3. The predicted octanol–water partition coefficient (Wildman–Crippen LogP) is 1.00. The molecule has 7 heteroatoms. The van der Waals surface area contributed by atoms with Crippen molar-refractivity contribution < 1.29 is 9.21 Å². The van der Waals surface area contributed by atoms with E-state index in [0.717, 1.165) is 13.0 Å². The summed E-state index contributed by atoms with van der Waals surface area (Å²) in [5.74, 6) is 0.326. The van der Waals surface area contributed by atoms with Crippen LogP contribution in [0, 0.1) is 0 Å². The van der Waals surface area contributed by atoms with Crippen LogP contribution in [-0.2, 0) is 0 Å². The topological polar surface area (TPSA) is 97.3 Å². The molecule has 0 spiro atoms. The van der Waals surface area contributed by atoms with Crippen molar-refractivity contribution in [3.8, 4) is 11.5 Å². The summed E-state index contributed by atoms with van der Waals surface area (Å²) in [4.78, 5) is 22.4. The molecule has 2 aromatic rings. The molecule has 0 saturated carbocycles. The lowest BCUT2D eigenvalue weighted by Crippen LogP contribution is -2.28. The Labute approximate surface area is 123 Å². The first-order valence-corrected chi connectivity index (χ1v) is 6.67. The highest BCUT2D eigenvalue weighted by Gasteiger charge is 2.15. The van der Waals surface area contributed by atoms with Gasteiger partial charge in [0.25, 0.3) is 5.91 Å². The molecule has 0 saturated heterocycles. The zero-order chi connectivity index (χ0) is 15.2. The first-order valence-electron chi connectivity index (χ1n) is 6.67. The van der Waals surface area contributed by atoms with Crippen LogP contribution in [0.1, 0.15) is 16.9 Å². The maximum Gasteiger partial charge on any atom is 0.273 e. The molecule has 2 rings (SSSR count). The second kappa shape index (κ2) is 6.85. The number of nitrogen functional groups attached to an aromatic ring is 1. The fourth-order valence-corrected chi connectivity index (χ4v) is 1.79. The van der Waals surface area contributed by atoms with Crippen molar-refractivity contribution in [1.29, 1.82) is 0 Å². The number of anilines is 1. The van der Waals surface area contributed by atoms with Crippen LogP contribution in [0.5, 0.6) is 0 Å². The monoisotopic (exact) mass is 289 g/mol. The minimum absolute atomic E-state index is 0.107. The van der Waals surface area contributed by atoms with E-state index in [1.54, 1.807) is 12.1 Å². The van der Waals surface area contributed by atoms with Crippen LogP contribution >= 0.6 is 0 Å². The molecule has 7 nitrogen and oxygen atoms in total. The van der Waals surface area contributed by atoms with Gasteiger partial charge in [0.2, 0.25) is 0 Å². The molecule has 3 N–H and O–H groups in total. The number of furan rings is 1. The van der Waals surface area contributed by atoms with Crippen molar-refractivity contribution in [2.45, 2.75) is 6.42 Å². The van der Waals surface area contributed by atoms with Crippen molar-refractivity contribution in [3.05, 3.63) is 30.3 Å². The molecule has 112 valence electrons. The van der Waals surface area contributed by atoms with Gasteiger partial charge < -0.3 is 20.4 Å². The number of carbonyl (C=O) groups excluding carboxylic acids is 1. The SMILES string of the molecule is CN(C)CCCNC(=O)c1nc(-c2ccco2)cnc1N. The van der Waals surface area contributed by atoms with Crippen molar-refractivity contribution >= 4 is 11.7 Å². The number of nitrogens with two attached hydrogens (primary N) is 1. The van der Waals surface area contributed by atoms with Crippen molar-refractivity contribution in [1.82, 2.24) is 20.2 Å². The Bertz CT molecular complexity index is 595. The summed E-state index contributed by atoms with van der Waals surface area (Å²) >= 11 is 0. The molecule has 21 heavy (non-hydrogen) atoms. The maximum atomic E-state index is 12.1. The summed E-state index contributed by atoms with van der Waals surface area (Å²) < 4.78 is 5.24. The van der Waals surface area contributed by atoms with E-state index in [4.69, 9.17) is 10.2 Å². The molecule has 0 unspecified atom stereocenters. The maximum absolute atomic E-state index is 12.1. The van der Waals surface area contributed by atoms with Crippen molar-refractivity contribution in [2.75, 3.05) is 32.9 Å². The Balaban J connectivity index is 2.04. The highest BCUT2D eigenvalue weighted by molar-refractivity contribution is 5.96. The molecule has 0 bridgehead atoms. The molecule has 0 aliphatic heterocycles. The fraction of sp³-hybridized carbons (Fsp3) is 0.357. The summed E-state index contributed by atoms with van der Waals surface area (Å²) in [5.41, 5.74) is 6.32. The summed E-state index contributed by atoms with van der Waals surface area (Å²) in [5, 5.41) is 2.79. The summed E-state index contributed by atoms with van der Waals surface area (Å²) in [7, 11) is 3.97. The number of aromatic nitrogens is 2. The Morgan fingerprint density at radius 2 is 2.29 bits per heavy atom. The minimum atomic E-state index is -0.327. The molecule has 2 heterocycles. The van der Waals surface area contributed by atoms with Gasteiger partial charge in [0.05, 0.1) is 12.5 Å². The third-order valence-corrected chi connectivity index (χ3v) is 2.86. The average Bonchev–Trinajstić information content (AvgIpc) is 2.98. The first-order chi connectivity index (χ1) is 10.1. The van der Waals surface area contributed by atoms with Crippen LogP contribution < -0.4 is 11.1 Å². The number of amides is 1. The molecule has 0 aromatic carbocycles. The lowest BCUT2D eigenvalue weighted by Gasteiger charge is -2.10. The van der Waals surface area contributed by atoms with E-state index in [0.29, 0.717) is 18.0 Å². The van der Waals surface area contributed by atoms with Crippen LogP contribution in [-0.4, -0.2) is 48.0 Å². The van der Waals surface area contributed by atoms with E-state index in [9.17, 15) is 4.79 Å².